The smallest absolute Gasteiger partial charge is 0.246 e. The number of hydrogen-bond acceptors (Lipinski definition) is 4. The van der Waals surface area contributed by atoms with E-state index < -0.39 is 18.0 Å². The van der Waals surface area contributed by atoms with Crippen molar-refractivity contribution < 1.29 is 14.4 Å². The molecule has 140 valence electrons. The molecule has 0 bridgehead atoms. The Hall–Kier alpha value is -1.63. The minimum atomic E-state index is -0.525. The van der Waals surface area contributed by atoms with Crippen molar-refractivity contribution >= 4 is 17.7 Å². The van der Waals surface area contributed by atoms with E-state index in [2.05, 4.69) is 17.1 Å². The van der Waals surface area contributed by atoms with Gasteiger partial charge in [-0.2, -0.15) is 0 Å². The molecule has 3 rings (SSSR count). The number of nitrogens with two attached hydrogens (primary N) is 1. The molecule has 0 aromatic carbocycles. The lowest BCUT2D eigenvalue weighted by Gasteiger charge is -2.30. The molecule has 7 heteroatoms. The lowest BCUT2D eigenvalue weighted by atomic mass is 10.1. The van der Waals surface area contributed by atoms with Crippen molar-refractivity contribution in [1.29, 1.82) is 0 Å². The van der Waals surface area contributed by atoms with E-state index in [1.165, 1.54) is 12.8 Å². The summed E-state index contributed by atoms with van der Waals surface area (Å²) in [6, 6.07) is -0.751. The molecule has 3 N–H and O–H groups in total. The Labute approximate surface area is 149 Å². The first-order valence-corrected chi connectivity index (χ1v) is 9.62. The molecule has 0 radical (unpaired) electrons. The lowest BCUT2D eigenvalue weighted by Crippen LogP contribution is -2.54. The first kappa shape index (κ1) is 18.2. The van der Waals surface area contributed by atoms with E-state index in [-0.39, 0.29) is 23.9 Å². The Morgan fingerprint density at radius 3 is 2.56 bits per heavy atom. The second-order valence-electron chi connectivity index (χ2n) is 7.74. The molecule has 3 saturated heterocycles. The Balaban J connectivity index is 1.60. The first-order chi connectivity index (χ1) is 12.0. The van der Waals surface area contributed by atoms with Crippen molar-refractivity contribution in [3.63, 3.8) is 0 Å². The Morgan fingerprint density at radius 1 is 1.16 bits per heavy atom. The van der Waals surface area contributed by atoms with Crippen LogP contribution in [0.25, 0.3) is 0 Å². The lowest BCUT2D eigenvalue weighted by molar-refractivity contribution is -0.142. The molecule has 7 nitrogen and oxygen atoms in total. The van der Waals surface area contributed by atoms with E-state index in [1.807, 2.05) is 0 Å². The van der Waals surface area contributed by atoms with Gasteiger partial charge in [0.15, 0.2) is 0 Å². The number of fused-ring (bicyclic) bond motifs is 1. The summed E-state index contributed by atoms with van der Waals surface area (Å²) in [6.45, 7) is 4.17. The molecular formula is C18H30N4O3. The molecule has 0 aliphatic carbocycles. The predicted molar refractivity (Wildman–Crippen MR) is 93.5 cm³/mol. The molecule has 3 aliphatic heterocycles. The van der Waals surface area contributed by atoms with Gasteiger partial charge in [0.05, 0.1) is 0 Å². The monoisotopic (exact) mass is 350 g/mol. The summed E-state index contributed by atoms with van der Waals surface area (Å²) < 4.78 is 0. The maximum Gasteiger partial charge on any atom is 0.246 e. The Kier molecular flexibility index (Phi) is 5.61. The standard InChI is InChI=1S/C18H30N4O3/c1-12(21-9-2-3-10-21)11-16(23)20-14-6-4-5-13-7-8-15(17(19)24)22(13)18(14)25/h12-15H,2-11H2,1H3,(H2,19,24)(H,20,23)/t12-,13-,14-,15-/m0/s1. The average molecular weight is 350 g/mol. The van der Waals surface area contributed by atoms with Gasteiger partial charge in [-0.3, -0.25) is 14.4 Å². The normalized spacial score (nSPS) is 31.5. The number of nitrogens with zero attached hydrogens (tertiary/aromatic N) is 2. The zero-order chi connectivity index (χ0) is 18.0. The highest BCUT2D eigenvalue weighted by Gasteiger charge is 2.44. The van der Waals surface area contributed by atoms with E-state index >= 15 is 0 Å². The molecule has 0 aromatic rings. The van der Waals surface area contributed by atoms with Gasteiger partial charge < -0.3 is 20.9 Å². The van der Waals surface area contributed by atoms with E-state index in [4.69, 9.17) is 5.73 Å². The Morgan fingerprint density at radius 2 is 1.88 bits per heavy atom. The van der Waals surface area contributed by atoms with Gasteiger partial charge in [-0.05, 0) is 65.0 Å². The van der Waals surface area contributed by atoms with Crippen molar-refractivity contribution in [3.8, 4) is 0 Å². The van der Waals surface area contributed by atoms with Crippen LogP contribution in [0.2, 0.25) is 0 Å². The number of hydrogen-bond donors (Lipinski definition) is 2. The number of carbonyl (C=O) groups excluding carboxylic acids is 3. The maximum atomic E-state index is 12.9. The zero-order valence-electron chi connectivity index (χ0n) is 15.1. The van der Waals surface area contributed by atoms with Crippen molar-refractivity contribution in [1.82, 2.24) is 15.1 Å². The van der Waals surface area contributed by atoms with Crippen LogP contribution in [-0.2, 0) is 14.4 Å². The van der Waals surface area contributed by atoms with Gasteiger partial charge in [-0.15, -0.1) is 0 Å². The molecule has 3 heterocycles. The van der Waals surface area contributed by atoms with E-state index in [1.54, 1.807) is 4.90 Å². The summed E-state index contributed by atoms with van der Waals surface area (Å²) in [6.07, 6.45) is 6.66. The summed E-state index contributed by atoms with van der Waals surface area (Å²) in [4.78, 5) is 41.0. The van der Waals surface area contributed by atoms with Gasteiger partial charge in [-0.1, -0.05) is 0 Å². The summed E-state index contributed by atoms with van der Waals surface area (Å²) in [7, 11) is 0. The molecule has 3 fully saturated rings. The van der Waals surface area contributed by atoms with Gasteiger partial charge in [0.2, 0.25) is 17.7 Å². The largest absolute Gasteiger partial charge is 0.368 e. The van der Waals surface area contributed by atoms with Crippen LogP contribution in [-0.4, -0.2) is 64.8 Å². The van der Waals surface area contributed by atoms with E-state index in [0.29, 0.717) is 19.3 Å². The predicted octanol–water partition coefficient (Wildman–Crippen LogP) is 0.374. The molecule has 0 saturated carbocycles. The van der Waals surface area contributed by atoms with Crippen LogP contribution < -0.4 is 11.1 Å². The molecule has 3 aliphatic rings. The second kappa shape index (κ2) is 7.72. The third kappa shape index (κ3) is 3.97. The molecule has 3 amide bonds. The Bertz CT molecular complexity index is 532. The topological polar surface area (TPSA) is 95.7 Å². The molecule has 4 atom stereocenters. The molecule has 0 unspecified atom stereocenters. The third-order valence-electron chi connectivity index (χ3n) is 5.99. The van der Waals surface area contributed by atoms with Crippen molar-refractivity contribution in [2.24, 2.45) is 5.73 Å². The van der Waals surface area contributed by atoms with Crippen LogP contribution in [0.4, 0.5) is 0 Å². The van der Waals surface area contributed by atoms with Crippen LogP contribution in [0.15, 0.2) is 0 Å². The van der Waals surface area contributed by atoms with Crippen LogP contribution in [0.3, 0.4) is 0 Å². The number of nitrogens with one attached hydrogen (secondary N) is 1. The maximum absolute atomic E-state index is 12.9. The fraction of sp³-hybridized carbons (Fsp3) is 0.833. The van der Waals surface area contributed by atoms with Gasteiger partial charge in [0.25, 0.3) is 0 Å². The number of likely N-dealkylation sites (tertiary alicyclic amines) is 1. The summed E-state index contributed by atoms with van der Waals surface area (Å²) in [5, 5.41) is 2.93. The third-order valence-corrected chi connectivity index (χ3v) is 5.99. The molecule has 0 spiro atoms. The van der Waals surface area contributed by atoms with Gasteiger partial charge in [0, 0.05) is 18.5 Å². The van der Waals surface area contributed by atoms with Gasteiger partial charge in [0.1, 0.15) is 12.1 Å². The summed E-state index contributed by atoms with van der Waals surface area (Å²) in [5.74, 6) is -0.650. The highest BCUT2D eigenvalue weighted by Crippen LogP contribution is 2.31. The van der Waals surface area contributed by atoms with Crippen molar-refractivity contribution in [2.45, 2.75) is 82.5 Å². The molecule has 25 heavy (non-hydrogen) atoms. The van der Waals surface area contributed by atoms with Gasteiger partial charge in [-0.25, -0.2) is 0 Å². The fourth-order valence-electron chi connectivity index (χ4n) is 4.61. The zero-order valence-corrected chi connectivity index (χ0v) is 15.1. The second-order valence-corrected chi connectivity index (χ2v) is 7.74. The fourth-order valence-corrected chi connectivity index (χ4v) is 4.61. The molecule has 0 aromatic heterocycles. The summed E-state index contributed by atoms with van der Waals surface area (Å²) >= 11 is 0. The van der Waals surface area contributed by atoms with E-state index in [9.17, 15) is 14.4 Å². The van der Waals surface area contributed by atoms with E-state index in [0.717, 1.165) is 32.4 Å². The van der Waals surface area contributed by atoms with Gasteiger partial charge >= 0.3 is 0 Å². The number of carbonyl (C=O) groups is 3. The van der Waals surface area contributed by atoms with Crippen molar-refractivity contribution in [3.05, 3.63) is 0 Å². The average Bonchev–Trinajstić information content (AvgIpc) is 3.20. The minimum Gasteiger partial charge on any atom is -0.368 e. The number of primary amides is 1. The highest BCUT2D eigenvalue weighted by molar-refractivity contribution is 5.92. The van der Waals surface area contributed by atoms with Crippen LogP contribution >= 0.6 is 0 Å². The van der Waals surface area contributed by atoms with Crippen LogP contribution in [0, 0.1) is 0 Å². The summed E-state index contributed by atoms with van der Waals surface area (Å²) in [5.41, 5.74) is 5.47. The van der Waals surface area contributed by atoms with Crippen LogP contribution in [0.1, 0.15) is 58.3 Å². The molecular weight excluding hydrogens is 320 g/mol. The number of amides is 3. The van der Waals surface area contributed by atoms with Crippen molar-refractivity contribution in [2.75, 3.05) is 13.1 Å². The highest BCUT2D eigenvalue weighted by atomic mass is 16.2. The minimum absolute atomic E-state index is 0.0778. The van der Waals surface area contributed by atoms with Crippen LogP contribution in [0.5, 0.6) is 0 Å². The first-order valence-electron chi connectivity index (χ1n) is 9.62. The number of rotatable bonds is 5. The quantitative estimate of drug-likeness (QED) is 0.749. The SMILES string of the molecule is C[C@@H](CC(=O)N[C@H]1CCC[C@H]2CC[C@@H](C(N)=O)N2C1=O)N1CCCC1.